The van der Waals surface area contributed by atoms with E-state index in [2.05, 4.69) is 4.74 Å². The first-order chi connectivity index (χ1) is 8.19. The van der Waals surface area contributed by atoms with Crippen LogP contribution in [-0.4, -0.2) is 33.2 Å². The molecule has 0 heterocycles. The van der Waals surface area contributed by atoms with Gasteiger partial charge in [-0.25, -0.2) is 0 Å². The zero-order chi connectivity index (χ0) is 12.7. The highest BCUT2D eigenvalue weighted by Crippen LogP contribution is 2.22. The van der Waals surface area contributed by atoms with Crippen molar-refractivity contribution in [3.63, 3.8) is 0 Å². The number of hydrogen-bond acceptors (Lipinski definition) is 5. The quantitative estimate of drug-likeness (QED) is 0.740. The van der Waals surface area contributed by atoms with Gasteiger partial charge in [0, 0.05) is 13.2 Å². The first kappa shape index (κ1) is 13.0. The van der Waals surface area contributed by atoms with E-state index in [9.17, 15) is 4.79 Å². The lowest BCUT2D eigenvalue weighted by Crippen LogP contribution is -2.16. The number of nitrogens with zero attached hydrogens (tertiary/aromatic N) is 1. The minimum absolute atomic E-state index is 0.00900. The lowest BCUT2D eigenvalue weighted by atomic mass is 10.2. The van der Waals surface area contributed by atoms with E-state index in [4.69, 9.17) is 14.7 Å². The van der Waals surface area contributed by atoms with Crippen molar-refractivity contribution in [2.75, 3.05) is 27.4 Å². The predicted octanol–water partition coefficient (Wildman–Crippen LogP) is 1.16. The fraction of sp³-hybridized carbons (Fsp3) is 0.333. The van der Waals surface area contributed by atoms with Crippen LogP contribution in [0.1, 0.15) is 5.56 Å². The van der Waals surface area contributed by atoms with Gasteiger partial charge in [-0.1, -0.05) is 0 Å². The molecule has 5 nitrogen and oxygen atoms in total. The molecule has 5 heteroatoms. The highest BCUT2D eigenvalue weighted by molar-refractivity contribution is 5.81. The van der Waals surface area contributed by atoms with Crippen LogP contribution in [0.5, 0.6) is 11.5 Å². The van der Waals surface area contributed by atoms with Gasteiger partial charge in [0.1, 0.15) is 24.7 Å². The summed E-state index contributed by atoms with van der Waals surface area (Å²) in [5.74, 6) is 0.762. The molecule has 0 aliphatic rings. The number of carbonyl (C=O) groups excluding carboxylic acids is 1. The standard InChI is InChI=1S/C12H13NO4/c1-15-7-10(14)8-17-12-4-9(6-13)3-11(5-12)16-2/h3-5H,7-8H2,1-2H3. The number of benzene rings is 1. The van der Waals surface area contributed by atoms with Crippen LogP contribution in [0.3, 0.4) is 0 Å². The third-order valence-corrected chi connectivity index (χ3v) is 1.95. The number of ether oxygens (including phenoxy) is 3. The first-order valence-corrected chi connectivity index (χ1v) is 4.92. The molecule has 0 aliphatic carbocycles. The van der Waals surface area contributed by atoms with Crippen molar-refractivity contribution in [3.8, 4) is 17.6 Å². The molecular weight excluding hydrogens is 222 g/mol. The van der Waals surface area contributed by atoms with Crippen LogP contribution in [0.4, 0.5) is 0 Å². The highest BCUT2D eigenvalue weighted by Gasteiger charge is 2.05. The van der Waals surface area contributed by atoms with Gasteiger partial charge >= 0.3 is 0 Å². The van der Waals surface area contributed by atoms with E-state index in [1.165, 1.54) is 14.2 Å². The monoisotopic (exact) mass is 235 g/mol. The number of carbonyl (C=O) groups is 1. The van der Waals surface area contributed by atoms with E-state index >= 15 is 0 Å². The van der Waals surface area contributed by atoms with Crippen molar-refractivity contribution >= 4 is 5.78 Å². The van der Waals surface area contributed by atoms with Crippen molar-refractivity contribution in [2.45, 2.75) is 0 Å². The van der Waals surface area contributed by atoms with Crippen LogP contribution in [0.2, 0.25) is 0 Å². The van der Waals surface area contributed by atoms with Crippen molar-refractivity contribution in [1.82, 2.24) is 0 Å². The third-order valence-electron chi connectivity index (χ3n) is 1.95. The van der Waals surface area contributed by atoms with Crippen LogP contribution < -0.4 is 9.47 Å². The van der Waals surface area contributed by atoms with Crippen molar-refractivity contribution < 1.29 is 19.0 Å². The van der Waals surface area contributed by atoms with E-state index in [1.807, 2.05) is 6.07 Å². The highest BCUT2D eigenvalue weighted by atomic mass is 16.5. The molecule has 1 rings (SSSR count). The third kappa shape index (κ3) is 4.13. The van der Waals surface area contributed by atoms with Crippen LogP contribution >= 0.6 is 0 Å². The largest absolute Gasteiger partial charge is 0.497 e. The van der Waals surface area contributed by atoms with Crippen LogP contribution in [-0.2, 0) is 9.53 Å². The summed E-state index contributed by atoms with van der Waals surface area (Å²) in [7, 11) is 2.94. The summed E-state index contributed by atoms with van der Waals surface area (Å²) in [5.41, 5.74) is 0.415. The number of methoxy groups -OCH3 is 2. The molecule has 0 saturated carbocycles. The van der Waals surface area contributed by atoms with Crippen molar-refractivity contribution in [1.29, 1.82) is 5.26 Å². The van der Waals surface area contributed by atoms with E-state index in [0.717, 1.165) is 0 Å². The first-order valence-electron chi connectivity index (χ1n) is 4.92. The van der Waals surface area contributed by atoms with Crippen LogP contribution in [0.15, 0.2) is 18.2 Å². The molecule has 17 heavy (non-hydrogen) atoms. The molecule has 90 valence electrons. The summed E-state index contributed by atoms with van der Waals surface area (Å²) in [4.78, 5) is 11.2. The molecule has 0 saturated heterocycles. The Balaban J connectivity index is 2.71. The Bertz CT molecular complexity index is 437. The Labute approximate surface area is 99.5 Å². The molecule has 1 aromatic rings. The second kappa shape index (κ2) is 6.51. The Hall–Kier alpha value is -2.06. The Kier molecular flexibility index (Phi) is 4.98. The van der Waals surface area contributed by atoms with Gasteiger partial charge in [-0.2, -0.15) is 5.26 Å². The summed E-state index contributed by atoms with van der Waals surface area (Å²) in [5, 5.41) is 8.80. The van der Waals surface area contributed by atoms with Gasteiger partial charge in [-0.3, -0.25) is 4.79 Å². The zero-order valence-corrected chi connectivity index (χ0v) is 9.73. The average molecular weight is 235 g/mol. The number of Topliss-reactive ketones (excluding diaryl/α,β-unsaturated/α-hetero) is 1. The molecule has 0 spiro atoms. The maximum absolute atomic E-state index is 11.2. The average Bonchev–Trinajstić information content (AvgIpc) is 2.36. The van der Waals surface area contributed by atoms with Gasteiger partial charge < -0.3 is 14.2 Å². The second-order valence-electron chi connectivity index (χ2n) is 3.27. The van der Waals surface area contributed by atoms with Gasteiger partial charge in [0.25, 0.3) is 0 Å². The fourth-order valence-electron chi connectivity index (χ4n) is 1.20. The van der Waals surface area contributed by atoms with Gasteiger partial charge in [0.15, 0.2) is 5.78 Å². The maximum atomic E-state index is 11.2. The molecule has 0 bridgehead atoms. The van der Waals surface area contributed by atoms with Crippen molar-refractivity contribution in [2.24, 2.45) is 0 Å². The predicted molar refractivity (Wildman–Crippen MR) is 60.1 cm³/mol. The lowest BCUT2D eigenvalue weighted by molar-refractivity contribution is -0.124. The number of hydrogen-bond donors (Lipinski definition) is 0. The summed E-state index contributed by atoms with van der Waals surface area (Å²) in [6.07, 6.45) is 0. The number of rotatable bonds is 6. The molecule has 0 amide bonds. The van der Waals surface area contributed by atoms with Gasteiger partial charge in [-0.15, -0.1) is 0 Å². The minimum Gasteiger partial charge on any atom is -0.497 e. The zero-order valence-electron chi connectivity index (χ0n) is 9.73. The van der Waals surface area contributed by atoms with E-state index in [0.29, 0.717) is 17.1 Å². The Morgan fingerprint density at radius 2 is 1.94 bits per heavy atom. The van der Waals surface area contributed by atoms with Gasteiger partial charge in [0.05, 0.1) is 18.7 Å². The smallest absolute Gasteiger partial charge is 0.195 e. The molecule has 0 unspecified atom stereocenters. The van der Waals surface area contributed by atoms with E-state index in [1.54, 1.807) is 18.2 Å². The topological polar surface area (TPSA) is 68.5 Å². The summed E-state index contributed by atoms with van der Waals surface area (Å²) in [6, 6.07) is 6.73. The maximum Gasteiger partial charge on any atom is 0.195 e. The van der Waals surface area contributed by atoms with Crippen LogP contribution in [0, 0.1) is 11.3 Å². The molecule has 1 aromatic carbocycles. The molecular formula is C12H13NO4. The Morgan fingerprint density at radius 1 is 1.24 bits per heavy atom. The lowest BCUT2D eigenvalue weighted by Gasteiger charge is -2.07. The fourth-order valence-corrected chi connectivity index (χ4v) is 1.20. The summed E-state index contributed by atoms with van der Waals surface area (Å²) < 4.78 is 14.9. The SMILES string of the molecule is COCC(=O)COc1cc(C#N)cc(OC)c1. The summed E-state index contributed by atoms with van der Waals surface area (Å²) >= 11 is 0. The Morgan fingerprint density at radius 3 is 2.53 bits per heavy atom. The molecule has 0 aromatic heterocycles. The molecule has 0 aliphatic heterocycles. The van der Waals surface area contributed by atoms with Gasteiger partial charge in [0.2, 0.25) is 0 Å². The number of nitriles is 1. The molecule has 0 N–H and O–H groups in total. The molecule has 0 atom stereocenters. The minimum atomic E-state index is -0.172. The normalized spacial score (nSPS) is 9.47. The second-order valence-corrected chi connectivity index (χ2v) is 3.27. The van der Waals surface area contributed by atoms with E-state index < -0.39 is 0 Å². The molecule has 0 radical (unpaired) electrons. The molecule has 0 fully saturated rings. The van der Waals surface area contributed by atoms with E-state index in [-0.39, 0.29) is 19.0 Å². The van der Waals surface area contributed by atoms with Crippen molar-refractivity contribution in [3.05, 3.63) is 23.8 Å². The van der Waals surface area contributed by atoms with Crippen LogP contribution in [0.25, 0.3) is 0 Å². The van der Waals surface area contributed by atoms with Gasteiger partial charge in [-0.05, 0) is 12.1 Å². The number of ketones is 1. The summed E-state index contributed by atoms with van der Waals surface area (Å²) in [6.45, 7) is -0.0824.